The number of nitriles is 1. The summed E-state index contributed by atoms with van der Waals surface area (Å²) in [6, 6.07) is 28.2. The van der Waals surface area contributed by atoms with Crippen LogP contribution in [0.2, 0.25) is 0 Å². The highest BCUT2D eigenvalue weighted by atomic mass is 32.2. The Morgan fingerprint density at radius 3 is 2.41 bits per heavy atom. The van der Waals surface area contributed by atoms with Crippen LogP contribution in [0.15, 0.2) is 89.4 Å². The zero-order chi connectivity index (χ0) is 28.6. The summed E-state index contributed by atoms with van der Waals surface area (Å²) in [5, 5.41) is 15.6. The predicted molar refractivity (Wildman–Crippen MR) is 169 cm³/mol. The molecule has 0 spiro atoms. The summed E-state index contributed by atoms with van der Waals surface area (Å²) < 4.78 is 4.78. The lowest BCUT2D eigenvalue weighted by Crippen LogP contribution is -2.33. The maximum Gasteiger partial charge on any atom is 0.316 e. The van der Waals surface area contributed by atoms with Crippen LogP contribution in [-0.4, -0.2) is 27.3 Å². The van der Waals surface area contributed by atoms with Gasteiger partial charge in [0.2, 0.25) is 0 Å². The quantitative estimate of drug-likeness (QED) is 0.149. The number of amides is 1. The van der Waals surface area contributed by atoms with E-state index in [1.165, 1.54) is 11.3 Å². The van der Waals surface area contributed by atoms with Gasteiger partial charge in [-0.05, 0) is 65.1 Å². The maximum absolute atomic E-state index is 11.7. The summed E-state index contributed by atoms with van der Waals surface area (Å²) in [6.45, 7) is 6.68. The molecule has 1 aliphatic heterocycles. The molecule has 204 valence electrons. The van der Waals surface area contributed by atoms with E-state index in [1.807, 2.05) is 35.7 Å². The van der Waals surface area contributed by atoms with Crippen molar-refractivity contribution in [1.82, 2.24) is 8.28 Å². The van der Waals surface area contributed by atoms with E-state index in [0.29, 0.717) is 10.3 Å². The number of fused-ring (bicyclic) bond motifs is 1. The number of rotatable bonds is 6. The Hall–Kier alpha value is -4.03. The number of nitroso groups, excluding NO2 is 1. The van der Waals surface area contributed by atoms with E-state index >= 15 is 0 Å². The smallest absolute Gasteiger partial charge is 0.270 e. The van der Waals surface area contributed by atoms with Crippen LogP contribution in [0.3, 0.4) is 0 Å². The van der Waals surface area contributed by atoms with Gasteiger partial charge in [0.15, 0.2) is 0 Å². The molecule has 2 aromatic heterocycles. The number of carbonyl (C=O) groups excluding carboxylic acids is 1. The summed E-state index contributed by atoms with van der Waals surface area (Å²) in [4.78, 5) is 23.1. The Morgan fingerprint density at radius 1 is 0.951 bits per heavy atom. The molecule has 0 atom stereocenters. The first-order valence-electron chi connectivity index (χ1n) is 13.5. The van der Waals surface area contributed by atoms with Gasteiger partial charge >= 0.3 is 5.91 Å². The zero-order valence-electron chi connectivity index (χ0n) is 22.8. The highest BCUT2D eigenvalue weighted by Gasteiger charge is 2.29. The highest BCUT2D eigenvalue weighted by molar-refractivity contribution is 7.95. The monoisotopic (exact) mass is 576 g/mol. The number of benzene rings is 3. The molecule has 3 heterocycles. The minimum Gasteiger partial charge on any atom is -0.270 e. The Bertz CT molecular complexity index is 1800. The van der Waals surface area contributed by atoms with Crippen molar-refractivity contribution >= 4 is 40.3 Å². The second kappa shape index (κ2) is 11.1. The number of nitrogens with zero attached hydrogens (tertiary/aromatic N) is 4. The first-order chi connectivity index (χ1) is 19.9. The standard InChI is InChI=1S/C33H28N4O2S2/c1-33(2)15-17-36(18-16-33)41-37-28-9-4-3-8-26(28)30(27-14-19-40-29(27)21-34)31(37)25-7-5-6-24(20-25)22-10-12-23(13-11-22)32(38)35-39/h3-14,19-20H,15-18H2,1-2H3. The summed E-state index contributed by atoms with van der Waals surface area (Å²) >= 11 is 3.21. The molecule has 0 aliphatic carbocycles. The van der Waals surface area contributed by atoms with E-state index in [1.54, 1.807) is 24.3 Å². The van der Waals surface area contributed by atoms with Crippen LogP contribution in [0.25, 0.3) is 44.4 Å². The van der Waals surface area contributed by atoms with E-state index in [2.05, 4.69) is 69.8 Å². The summed E-state index contributed by atoms with van der Waals surface area (Å²) in [6.07, 6.45) is 2.27. The molecule has 6 nitrogen and oxygen atoms in total. The fourth-order valence-electron chi connectivity index (χ4n) is 5.42. The third-order valence-corrected chi connectivity index (χ3v) is 9.78. The minimum absolute atomic E-state index is 0.268. The molecule has 3 aromatic carbocycles. The van der Waals surface area contributed by atoms with Crippen molar-refractivity contribution in [2.45, 2.75) is 26.7 Å². The molecular weight excluding hydrogens is 549 g/mol. The van der Waals surface area contributed by atoms with Gasteiger partial charge in [-0.25, -0.2) is 4.31 Å². The molecule has 1 fully saturated rings. The van der Waals surface area contributed by atoms with E-state index in [-0.39, 0.29) is 5.56 Å². The van der Waals surface area contributed by atoms with Crippen molar-refractivity contribution in [3.05, 3.63) is 99.6 Å². The van der Waals surface area contributed by atoms with Crippen molar-refractivity contribution in [3.63, 3.8) is 0 Å². The molecule has 0 N–H and O–H groups in total. The average molecular weight is 577 g/mol. The lowest BCUT2D eigenvalue weighted by Gasteiger charge is -2.36. The molecule has 8 heteroatoms. The molecule has 0 unspecified atom stereocenters. The van der Waals surface area contributed by atoms with Gasteiger partial charge in [-0.15, -0.1) is 16.2 Å². The van der Waals surface area contributed by atoms with Crippen molar-refractivity contribution in [2.75, 3.05) is 13.1 Å². The van der Waals surface area contributed by atoms with Crippen LogP contribution < -0.4 is 0 Å². The van der Waals surface area contributed by atoms with Gasteiger partial charge < -0.3 is 0 Å². The molecule has 0 radical (unpaired) electrons. The van der Waals surface area contributed by atoms with E-state index in [0.717, 1.165) is 70.3 Å². The minimum atomic E-state index is -0.776. The van der Waals surface area contributed by atoms with Gasteiger partial charge in [0.1, 0.15) is 10.9 Å². The lowest BCUT2D eigenvalue weighted by molar-refractivity contribution is 0.100. The molecule has 0 saturated carbocycles. The summed E-state index contributed by atoms with van der Waals surface area (Å²) in [5.74, 6) is -0.776. The van der Waals surface area contributed by atoms with Crippen LogP contribution in [0, 0.1) is 21.7 Å². The number of carbonyl (C=O) groups is 1. The van der Waals surface area contributed by atoms with Crippen molar-refractivity contribution in [1.29, 1.82) is 5.26 Å². The number of hydrogen-bond donors (Lipinski definition) is 0. The highest BCUT2D eigenvalue weighted by Crippen LogP contribution is 2.46. The Kier molecular flexibility index (Phi) is 7.35. The van der Waals surface area contributed by atoms with Gasteiger partial charge in [-0.3, -0.25) is 8.77 Å². The molecule has 5 aromatic rings. The van der Waals surface area contributed by atoms with Crippen LogP contribution in [-0.2, 0) is 0 Å². The van der Waals surface area contributed by atoms with Crippen molar-refractivity contribution in [2.24, 2.45) is 10.6 Å². The van der Waals surface area contributed by atoms with Crippen LogP contribution in [0.4, 0.5) is 0 Å². The van der Waals surface area contributed by atoms with Crippen LogP contribution in [0.5, 0.6) is 0 Å². The van der Waals surface area contributed by atoms with Crippen molar-refractivity contribution in [3.8, 4) is 39.6 Å². The first kappa shape index (κ1) is 27.2. The largest absolute Gasteiger partial charge is 0.316 e. The van der Waals surface area contributed by atoms with E-state index < -0.39 is 5.91 Å². The molecular formula is C33H28N4O2S2. The van der Waals surface area contributed by atoms with Gasteiger partial charge in [-0.1, -0.05) is 62.4 Å². The zero-order valence-corrected chi connectivity index (χ0v) is 24.5. The number of para-hydroxylation sites is 1. The number of piperidine rings is 1. The number of hydrogen-bond acceptors (Lipinski definition) is 6. The van der Waals surface area contributed by atoms with Crippen LogP contribution >= 0.6 is 23.5 Å². The first-order valence-corrected chi connectivity index (χ1v) is 15.1. The maximum atomic E-state index is 11.7. The Labute approximate surface area is 247 Å². The third kappa shape index (κ3) is 5.24. The summed E-state index contributed by atoms with van der Waals surface area (Å²) in [7, 11) is 0. The van der Waals surface area contributed by atoms with Crippen molar-refractivity contribution < 1.29 is 4.79 Å². The van der Waals surface area contributed by atoms with Gasteiger partial charge in [0.05, 0.1) is 11.2 Å². The topological polar surface area (TPSA) is 78.5 Å². The third-order valence-electron chi connectivity index (χ3n) is 7.83. The lowest BCUT2D eigenvalue weighted by atomic mass is 9.83. The normalized spacial score (nSPS) is 15.0. The van der Waals surface area contributed by atoms with Gasteiger partial charge in [0.25, 0.3) is 0 Å². The molecule has 0 bridgehead atoms. The fraction of sp³-hybridized carbons (Fsp3) is 0.212. The Balaban J connectivity index is 1.53. The van der Waals surface area contributed by atoms with E-state index in [4.69, 9.17) is 0 Å². The SMILES string of the molecule is CC1(C)CCN(Sn2c(-c3cccc(-c4ccc(C(=O)N=O)cc4)c3)c(-c3ccsc3C#N)c3ccccc32)CC1. The fourth-order valence-corrected chi connectivity index (χ4v) is 7.21. The van der Waals surface area contributed by atoms with Crippen LogP contribution in [0.1, 0.15) is 41.9 Å². The second-order valence-corrected chi connectivity index (χ2v) is 13.0. The number of aromatic nitrogens is 1. The van der Waals surface area contributed by atoms with Gasteiger partial charge in [0, 0.05) is 58.0 Å². The molecule has 41 heavy (non-hydrogen) atoms. The summed E-state index contributed by atoms with van der Waals surface area (Å²) in [5.41, 5.74) is 7.71. The molecule has 1 amide bonds. The number of thiophene rings is 1. The van der Waals surface area contributed by atoms with E-state index in [9.17, 15) is 15.0 Å². The second-order valence-electron chi connectivity index (χ2n) is 11.0. The van der Waals surface area contributed by atoms with Gasteiger partial charge in [-0.2, -0.15) is 5.26 Å². The molecule has 1 aliphatic rings. The molecule has 6 rings (SSSR count). The Morgan fingerprint density at radius 2 is 1.68 bits per heavy atom. The predicted octanol–water partition coefficient (Wildman–Crippen LogP) is 9.02. The molecule has 1 saturated heterocycles. The average Bonchev–Trinajstić information content (AvgIpc) is 3.60.